The molecule has 1 aromatic rings. The molecule has 1 unspecified atom stereocenters. The molecule has 1 heterocycles. The van der Waals surface area contributed by atoms with Crippen molar-refractivity contribution in [3.63, 3.8) is 0 Å². The van der Waals surface area contributed by atoms with Gasteiger partial charge >= 0.3 is 0 Å². The number of aliphatic hydroxyl groups excluding tert-OH is 1. The number of halogens is 1. The van der Waals surface area contributed by atoms with Gasteiger partial charge in [-0.1, -0.05) is 6.07 Å². The molecule has 0 amide bonds. The Bertz CT molecular complexity index is 359. The molecule has 1 atom stereocenters. The quantitative estimate of drug-likeness (QED) is 0.780. The normalized spacial score (nSPS) is 25.8. The average molecular weight is 209 g/mol. The van der Waals surface area contributed by atoms with Crippen LogP contribution in [0.2, 0.25) is 0 Å². The molecule has 1 fully saturated rings. The Morgan fingerprint density at radius 3 is 2.93 bits per heavy atom. The van der Waals surface area contributed by atoms with Crippen LogP contribution in [0.3, 0.4) is 0 Å². The van der Waals surface area contributed by atoms with E-state index in [2.05, 4.69) is 12.2 Å². The Hall–Kier alpha value is -0.930. The maximum atomic E-state index is 13.2. The molecule has 2 rings (SSSR count). The second-order valence-electron chi connectivity index (χ2n) is 4.33. The summed E-state index contributed by atoms with van der Waals surface area (Å²) in [5.74, 6) is -0.331. The number of nitrogens with one attached hydrogen (secondary N) is 1. The van der Waals surface area contributed by atoms with Gasteiger partial charge in [0, 0.05) is 11.1 Å². The standard InChI is InChI=1S/C12H16FNO/c1-12(5-2-6-14-12)10-3-4-11(13)9(7-10)8-15/h3-4,7,14-15H,2,5-6,8H2,1H3. The molecule has 1 aromatic carbocycles. The number of rotatable bonds is 2. The van der Waals surface area contributed by atoms with Gasteiger partial charge in [0.15, 0.2) is 0 Å². The van der Waals surface area contributed by atoms with E-state index >= 15 is 0 Å². The molecule has 1 saturated heterocycles. The Balaban J connectivity index is 2.36. The number of aliphatic hydroxyl groups is 1. The molecule has 1 aliphatic heterocycles. The van der Waals surface area contributed by atoms with Crippen LogP contribution in [0.1, 0.15) is 30.9 Å². The van der Waals surface area contributed by atoms with E-state index in [-0.39, 0.29) is 18.0 Å². The van der Waals surface area contributed by atoms with Gasteiger partial charge in [-0.2, -0.15) is 0 Å². The molecule has 0 saturated carbocycles. The van der Waals surface area contributed by atoms with E-state index in [1.807, 2.05) is 0 Å². The van der Waals surface area contributed by atoms with Crippen LogP contribution >= 0.6 is 0 Å². The van der Waals surface area contributed by atoms with Crippen LogP contribution in [0.25, 0.3) is 0 Å². The third kappa shape index (κ3) is 1.90. The predicted octanol–water partition coefficient (Wildman–Crippen LogP) is 1.92. The van der Waals surface area contributed by atoms with E-state index in [0.29, 0.717) is 5.56 Å². The highest BCUT2D eigenvalue weighted by Crippen LogP contribution is 2.31. The van der Waals surface area contributed by atoms with Crippen LogP contribution in [-0.4, -0.2) is 11.7 Å². The zero-order chi connectivity index (χ0) is 10.9. The van der Waals surface area contributed by atoms with Gasteiger partial charge < -0.3 is 10.4 Å². The van der Waals surface area contributed by atoms with Crippen molar-refractivity contribution >= 4 is 0 Å². The monoisotopic (exact) mass is 209 g/mol. The van der Waals surface area contributed by atoms with Crippen LogP contribution in [0.5, 0.6) is 0 Å². The van der Waals surface area contributed by atoms with Crippen molar-refractivity contribution in [3.8, 4) is 0 Å². The maximum Gasteiger partial charge on any atom is 0.128 e. The zero-order valence-electron chi connectivity index (χ0n) is 8.89. The topological polar surface area (TPSA) is 32.3 Å². The predicted molar refractivity (Wildman–Crippen MR) is 56.9 cm³/mol. The van der Waals surface area contributed by atoms with E-state index in [4.69, 9.17) is 5.11 Å². The molecule has 3 heteroatoms. The van der Waals surface area contributed by atoms with Gasteiger partial charge in [-0.3, -0.25) is 0 Å². The van der Waals surface area contributed by atoms with Crippen molar-refractivity contribution in [3.05, 3.63) is 35.1 Å². The molecule has 2 nitrogen and oxygen atoms in total. The van der Waals surface area contributed by atoms with Gasteiger partial charge in [0.1, 0.15) is 5.82 Å². The van der Waals surface area contributed by atoms with Crippen LogP contribution in [-0.2, 0) is 12.1 Å². The summed E-state index contributed by atoms with van der Waals surface area (Å²) in [6, 6.07) is 4.99. The van der Waals surface area contributed by atoms with Crippen molar-refractivity contribution in [2.75, 3.05) is 6.54 Å². The summed E-state index contributed by atoms with van der Waals surface area (Å²) in [6.07, 6.45) is 2.20. The summed E-state index contributed by atoms with van der Waals surface area (Å²) in [6.45, 7) is 2.88. The first kappa shape index (κ1) is 10.6. The Labute approximate surface area is 89.1 Å². The smallest absolute Gasteiger partial charge is 0.128 e. The highest BCUT2D eigenvalue weighted by molar-refractivity contribution is 5.30. The van der Waals surface area contributed by atoms with E-state index in [9.17, 15) is 4.39 Å². The molecular formula is C12H16FNO. The Kier molecular flexibility index (Phi) is 2.76. The first-order valence-corrected chi connectivity index (χ1v) is 5.30. The first-order valence-electron chi connectivity index (χ1n) is 5.30. The summed E-state index contributed by atoms with van der Waals surface area (Å²) < 4.78 is 13.2. The van der Waals surface area contributed by atoms with Gasteiger partial charge in [0.05, 0.1) is 6.61 Å². The van der Waals surface area contributed by atoms with Crippen LogP contribution in [0.4, 0.5) is 4.39 Å². The minimum Gasteiger partial charge on any atom is -0.392 e. The van der Waals surface area contributed by atoms with Crippen molar-refractivity contribution in [2.45, 2.75) is 31.9 Å². The molecule has 0 radical (unpaired) electrons. The minimum atomic E-state index is -0.331. The van der Waals surface area contributed by atoms with Gasteiger partial charge in [0.25, 0.3) is 0 Å². The van der Waals surface area contributed by atoms with Gasteiger partial charge in [-0.15, -0.1) is 0 Å². The maximum absolute atomic E-state index is 13.2. The lowest BCUT2D eigenvalue weighted by Crippen LogP contribution is -2.33. The Morgan fingerprint density at radius 1 is 1.53 bits per heavy atom. The zero-order valence-corrected chi connectivity index (χ0v) is 8.89. The van der Waals surface area contributed by atoms with E-state index in [0.717, 1.165) is 24.9 Å². The van der Waals surface area contributed by atoms with Crippen molar-refractivity contribution in [2.24, 2.45) is 0 Å². The molecule has 0 aliphatic carbocycles. The summed E-state index contributed by atoms with van der Waals surface area (Å²) in [5, 5.41) is 12.4. The fraction of sp³-hybridized carbons (Fsp3) is 0.500. The number of hydrogen-bond acceptors (Lipinski definition) is 2. The summed E-state index contributed by atoms with van der Waals surface area (Å²) in [5.41, 5.74) is 1.38. The number of benzene rings is 1. The average Bonchev–Trinajstić information content (AvgIpc) is 2.67. The fourth-order valence-electron chi connectivity index (χ4n) is 2.18. The molecule has 15 heavy (non-hydrogen) atoms. The van der Waals surface area contributed by atoms with Gasteiger partial charge in [-0.05, 0) is 44.0 Å². The third-order valence-electron chi connectivity index (χ3n) is 3.22. The third-order valence-corrected chi connectivity index (χ3v) is 3.22. The van der Waals surface area contributed by atoms with E-state index in [1.54, 1.807) is 12.1 Å². The van der Waals surface area contributed by atoms with Crippen LogP contribution < -0.4 is 5.32 Å². The molecule has 0 spiro atoms. The summed E-state index contributed by atoms with van der Waals surface area (Å²) in [7, 11) is 0. The molecule has 1 aliphatic rings. The summed E-state index contributed by atoms with van der Waals surface area (Å²) in [4.78, 5) is 0. The highest BCUT2D eigenvalue weighted by Gasteiger charge is 2.30. The van der Waals surface area contributed by atoms with Crippen LogP contribution in [0.15, 0.2) is 18.2 Å². The lowest BCUT2D eigenvalue weighted by Gasteiger charge is -2.25. The lowest BCUT2D eigenvalue weighted by atomic mass is 9.89. The minimum absolute atomic E-state index is 0.0579. The number of hydrogen-bond donors (Lipinski definition) is 2. The van der Waals surface area contributed by atoms with Crippen molar-refractivity contribution in [1.82, 2.24) is 5.32 Å². The Morgan fingerprint density at radius 2 is 2.33 bits per heavy atom. The highest BCUT2D eigenvalue weighted by atomic mass is 19.1. The lowest BCUT2D eigenvalue weighted by molar-refractivity contribution is 0.275. The molecule has 0 aromatic heterocycles. The van der Waals surface area contributed by atoms with Gasteiger partial charge in [0.2, 0.25) is 0 Å². The first-order chi connectivity index (χ1) is 7.15. The van der Waals surface area contributed by atoms with E-state index in [1.165, 1.54) is 6.07 Å². The van der Waals surface area contributed by atoms with Crippen molar-refractivity contribution in [1.29, 1.82) is 0 Å². The largest absolute Gasteiger partial charge is 0.392 e. The van der Waals surface area contributed by atoms with Crippen molar-refractivity contribution < 1.29 is 9.50 Å². The van der Waals surface area contributed by atoms with E-state index < -0.39 is 0 Å². The van der Waals surface area contributed by atoms with Crippen LogP contribution in [0, 0.1) is 5.82 Å². The second kappa shape index (κ2) is 3.91. The molecule has 0 bridgehead atoms. The van der Waals surface area contributed by atoms with Gasteiger partial charge in [-0.25, -0.2) is 4.39 Å². The molecular weight excluding hydrogens is 193 g/mol. The molecule has 2 N–H and O–H groups in total. The SMILES string of the molecule is CC1(c2ccc(F)c(CO)c2)CCCN1. The second-order valence-corrected chi connectivity index (χ2v) is 4.33. The molecule has 82 valence electrons. The summed E-state index contributed by atoms with van der Waals surface area (Å²) >= 11 is 0. The fourth-order valence-corrected chi connectivity index (χ4v) is 2.18.